The van der Waals surface area contributed by atoms with Crippen LogP contribution in [0.15, 0.2) is 24.7 Å². The maximum Gasteiger partial charge on any atom is 0.407 e. The molecule has 3 aromatic heterocycles. The fraction of sp³-hybridized carbons (Fsp3) is 0.500. The minimum Gasteiger partial charge on any atom is -0.470 e. The van der Waals surface area contributed by atoms with Crippen molar-refractivity contribution in [2.75, 3.05) is 0 Å². The van der Waals surface area contributed by atoms with Gasteiger partial charge in [-0.2, -0.15) is 5.10 Å². The van der Waals surface area contributed by atoms with E-state index in [1.807, 2.05) is 53.1 Å². The van der Waals surface area contributed by atoms with Crippen LogP contribution in [0.2, 0.25) is 0 Å². The Morgan fingerprint density at radius 3 is 2.83 bits per heavy atom. The molecule has 3 aromatic rings. The number of amides is 1. The van der Waals surface area contributed by atoms with Gasteiger partial charge in [0.2, 0.25) is 5.88 Å². The summed E-state index contributed by atoms with van der Waals surface area (Å²) < 4.78 is 13.4. The van der Waals surface area contributed by atoms with Crippen LogP contribution in [0.25, 0.3) is 16.1 Å². The SMILES string of the molecule is Cc1ncc(-c2cn3nccc3c(OC3(C)CC(NC(=O)OC(C)(C)C)C3)n2)s1.[HH]. The van der Waals surface area contributed by atoms with Crippen LogP contribution in [0, 0.1) is 6.92 Å². The van der Waals surface area contributed by atoms with Crippen LogP contribution in [-0.2, 0) is 4.74 Å². The first-order valence-corrected chi connectivity index (χ1v) is 10.4. The number of thiazole rings is 1. The van der Waals surface area contributed by atoms with Crippen LogP contribution >= 0.6 is 11.3 Å². The maximum atomic E-state index is 12.0. The van der Waals surface area contributed by atoms with Crippen molar-refractivity contribution in [3.05, 3.63) is 29.7 Å². The lowest BCUT2D eigenvalue weighted by Gasteiger charge is -2.44. The predicted octanol–water partition coefficient (Wildman–Crippen LogP) is 4.23. The smallest absolute Gasteiger partial charge is 0.407 e. The zero-order chi connectivity index (χ0) is 20.8. The van der Waals surface area contributed by atoms with E-state index in [4.69, 9.17) is 14.5 Å². The number of aryl methyl sites for hydroxylation is 1. The second-order valence-electron chi connectivity index (χ2n) is 8.64. The molecular weight excluding hydrogens is 390 g/mol. The first-order valence-electron chi connectivity index (χ1n) is 9.56. The molecule has 156 valence electrons. The van der Waals surface area contributed by atoms with Gasteiger partial charge in [0, 0.05) is 26.5 Å². The summed E-state index contributed by atoms with van der Waals surface area (Å²) in [6.45, 7) is 9.53. The van der Waals surface area contributed by atoms with Gasteiger partial charge in [0.15, 0.2) is 0 Å². The van der Waals surface area contributed by atoms with Crippen molar-refractivity contribution < 1.29 is 15.7 Å². The Morgan fingerprint density at radius 1 is 1.41 bits per heavy atom. The van der Waals surface area contributed by atoms with Gasteiger partial charge in [-0.1, -0.05) is 0 Å². The monoisotopic (exact) mass is 417 g/mol. The van der Waals surface area contributed by atoms with Gasteiger partial charge < -0.3 is 14.8 Å². The summed E-state index contributed by atoms with van der Waals surface area (Å²) in [4.78, 5) is 22.0. The van der Waals surface area contributed by atoms with Gasteiger partial charge in [0.05, 0.1) is 22.3 Å². The quantitative estimate of drug-likeness (QED) is 0.683. The van der Waals surface area contributed by atoms with Crippen LogP contribution in [0.3, 0.4) is 0 Å². The second-order valence-corrected chi connectivity index (χ2v) is 9.87. The number of carbonyl (C=O) groups is 1. The topological polar surface area (TPSA) is 90.6 Å². The van der Waals surface area contributed by atoms with E-state index in [1.54, 1.807) is 22.0 Å². The van der Waals surface area contributed by atoms with Gasteiger partial charge >= 0.3 is 6.09 Å². The number of carbonyl (C=O) groups excluding carboxylic acids is 1. The van der Waals surface area contributed by atoms with E-state index in [0.29, 0.717) is 18.7 Å². The molecule has 4 rings (SSSR count). The number of aromatic nitrogens is 4. The fourth-order valence-corrected chi connectivity index (χ4v) is 4.18. The number of ether oxygens (including phenoxy) is 2. The summed E-state index contributed by atoms with van der Waals surface area (Å²) in [5, 5.41) is 8.22. The van der Waals surface area contributed by atoms with Crippen molar-refractivity contribution in [2.45, 2.75) is 64.7 Å². The predicted molar refractivity (Wildman–Crippen MR) is 112 cm³/mol. The molecule has 3 heterocycles. The van der Waals surface area contributed by atoms with Crippen molar-refractivity contribution in [3.8, 4) is 16.5 Å². The molecular formula is C20H27N5O3S. The lowest BCUT2D eigenvalue weighted by atomic mass is 9.77. The minimum atomic E-state index is -0.513. The maximum absolute atomic E-state index is 12.0. The van der Waals surface area contributed by atoms with E-state index in [2.05, 4.69) is 15.4 Å². The first kappa shape index (κ1) is 19.6. The van der Waals surface area contributed by atoms with Gasteiger partial charge in [-0.25, -0.2) is 19.3 Å². The van der Waals surface area contributed by atoms with Gasteiger partial charge in [0.25, 0.3) is 0 Å². The summed E-state index contributed by atoms with van der Waals surface area (Å²) in [5.41, 5.74) is 0.647. The second kappa shape index (κ2) is 6.98. The summed E-state index contributed by atoms with van der Waals surface area (Å²) >= 11 is 1.58. The van der Waals surface area contributed by atoms with Crippen molar-refractivity contribution in [1.29, 1.82) is 0 Å². The van der Waals surface area contributed by atoms with Crippen LogP contribution in [0.5, 0.6) is 5.88 Å². The normalized spacial score (nSPS) is 21.6. The first-order chi connectivity index (χ1) is 13.6. The van der Waals surface area contributed by atoms with Crippen molar-refractivity contribution >= 4 is 22.9 Å². The minimum absolute atomic E-state index is 0. The average Bonchev–Trinajstić information content (AvgIpc) is 3.20. The Labute approximate surface area is 174 Å². The Kier molecular flexibility index (Phi) is 4.72. The van der Waals surface area contributed by atoms with Crippen molar-refractivity contribution in [3.63, 3.8) is 0 Å². The van der Waals surface area contributed by atoms with Gasteiger partial charge in [-0.05, 0) is 40.7 Å². The lowest BCUT2D eigenvalue weighted by Crippen LogP contribution is -2.57. The van der Waals surface area contributed by atoms with Crippen molar-refractivity contribution in [1.82, 2.24) is 24.9 Å². The average molecular weight is 418 g/mol. The third kappa shape index (κ3) is 4.34. The zero-order valence-corrected chi connectivity index (χ0v) is 18.0. The number of nitrogens with zero attached hydrogens (tertiary/aromatic N) is 4. The highest BCUT2D eigenvalue weighted by atomic mass is 32.1. The van der Waals surface area contributed by atoms with Gasteiger partial charge in [0.1, 0.15) is 22.4 Å². The summed E-state index contributed by atoms with van der Waals surface area (Å²) in [7, 11) is 0. The number of fused-ring (bicyclic) bond motifs is 1. The summed E-state index contributed by atoms with van der Waals surface area (Å²) in [5.74, 6) is 0.532. The largest absolute Gasteiger partial charge is 0.470 e. The Morgan fingerprint density at radius 2 is 2.17 bits per heavy atom. The highest BCUT2D eigenvalue weighted by molar-refractivity contribution is 7.15. The van der Waals surface area contributed by atoms with Gasteiger partial charge in [-0.3, -0.25) is 0 Å². The molecule has 0 saturated heterocycles. The standard InChI is InChI=1S/C20H25N5O3S.H2/c1-12-21-10-16(29-12)14-11-25-15(6-7-22-25)17(24-14)27-20(5)8-13(9-20)23-18(26)28-19(2,3)4;/h6-7,10-11,13H,8-9H2,1-5H3,(H,23,26);1H. The van der Waals surface area contributed by atoms with Crippen LogP contribution < -0.4 is 10.1 Å². The van der Waals surface area contributed by atoms with Crippen LogP contribution in [0.1, 0.15) is 47.0 Å². The Bertz CT molecular complexity index is 1050. The molecule has 0 aliphatic heterocycles. The molecule has 1 amide bonds. The summed E-state index contributed by atoms with van der Waals surface area (Å²) in [6.07, 6.45) is 6.37. The zero-order valence-electron chi connectivity index (χ0n) is 17.2. The molecule has 0 bridgehead atoms. The van der Waals surface area contributed by atoms with E-state index in [0.717, 1.165) is 21.1 Å². The number of alkyl carbamates (subject to hydrolysis) is 1. The van der Waals surface area contributed by atoms with E-state index in [-0.39, 0.29) is 7.47 Å². The van der Waals surface area contributed by atoms with E-state index in [1.165, 1.54) is 0 Å². The molecule has 8 nitrogen and oxygen atoms in total. The number of nitrogens with one attached hydrogen (secondary N) is 1. The summed E-state index contributed by atoms with van der Waals surface area (Å²) in [6, 6.07) is 1.89. The highest BCUT2D eigenvalue weighted by Gasteiger charge is 2.44. The van der Waals surface area contributed by atoms with Crippen LogP contribution in [-0.4, -0.2) is 42.9 Å². The van der Waals surface area contributed by atoms with Gasteiger partial charge in [-0.15, -0.1) is 11.3 Å². The molecule has 0 unspecified atom stereocenters. The van der Waals surface area contributed by atoms with Crippen molar-refractivity contribution in [2.24, 2.45) is 0 Å². The molecule has 29 heavy (non-hydrogen) atoms. The molecule has 1 N–H and O–H groups in total. The molecule has 0 atom stereocenters. The molecule has 0 spiro atoms. The molecule has 0 radical (unpaired) electrons. The molecule has 1 fully saturated rings. The highest BCUT2D eigenvalue weighted by Crippen LogP contribution is 2.38. The number of hydrogen-bond acceptors (Lipinski definition) is 7. The van der Waals surface area contributed by atoms with E-state index in [9.17, 15) is 4.79 Å². The Balaban J connectivity index is 0.00000256. The van der Waals surface area contributed by atoms with E-state index >= 15 is 0 Å². The molecule has 1 saturated carbocycles. The molecule has 1 aliphatic carbocycles. The Hall–Kier alpha value is -2.68. The molecule has 1 aliphatic rings. The number of hydrogen-bond donors (Lipinski definition) is 1. The fourth-order valence-electron chi connectivity index (χ4n) is 3.45. The molecule has 0 aromatic carbocycles. The third-order valence-corrected chi connectivity index (χ3v) is 5.59. The molecule has 9 heteroatoms. The van der Waals surface area contributed by atoms with E-state index < -0.39 is 17.3 Å². The van der Waals surface area contributed by atoms with Crippen LogP contribution in [0.4, 0.5) is 4.79 Å². The third-order valence-electron chi connectivity index (χ3n) is 4.65. The lowest BCUT2D eigenvalue weighted by molar-refractivity contribution is -0.0217. The number of rotatable bonds is 4.